The maximum Gasteiger partial charge on any atom is 0.415 e. The van der Waals surface area contributed by atoms with Gasteiger partial charge in [-0.15, -0.1) is 11.8 Å². The minimum absolute atomic E-state index is 0.273. The smallest absolute Gasteiger partial charge is 0.409 e. The summed E-state index contributed by atoms with van der Waals surface area (Å²) >= 11 is 1.22. The van der Waals surface area contributed by atoms with Crippen molar-refractivity contribution in [1.29, 1.82) is 0 Å². The lowest BCUT2D eigenvalue weighted by molar-refractivity contribution is 0.156. The Morgan fingerprint density at radius 1 is 1.41 bits per heavy atom. The summed E-state index contributed by atoms with van der Waals surface area (Å²) in [6.45, 7) is 4.87. The summed E-state index contributed by atoms with van der Waals surface area (Å²) in [5, 5.41) is 0. The van der Waals surface area contributed by atoms with E-state index < -0.39 is 6.09 Å². The number of benzene rings is 1. The maximum atomic E-state index is 13.4. The molecule has 1 amide bonds. The lowest BCUT2D eigenvalue weighted by Gasteiger charge is -2.18. The number of carbonyl (C=O) groups excluding carboxylic acids is 1. The normalized spacial score (nSPS) is 10.1. The molecule has 94 valence electrons. The van der Waals surface area contributed by atoms with Crippen LogP contribution in [-0.2, 0) is 0 Å². The number of halogens is 1. The Kier molecular flexibility index (Phi) is 5.28. The third kappa shape index (κ3) is 3.36. The number of rotatable bonds is 4. The molecule has 0 aliphatic rings. The SMILES string of the molecule is CCN(CC)C(=O)Oc1cccc(F)c1SC. The van der Waals surface area contributed by atoms with Crippen LogP contribution in [0.25, 0.3) is 0 Å². The first-order valence-corrected chi connectivity index (χ1v) is 6.65. The molecule has 0 aliphatic heterocycles. The lowest BCUT2D eigenvalue weighted by Crippen LogP contribution is -2.33. The van der Waals surface area contributed by atoms with Crippen molar-refractivity contribution in [1.82, 2.24) is 4.90 Å². The number of carbonyl (C=O) groups is 1. The molecule has 1 aromatic carbocycles. The van der Waals surface area contributed by atoms with Crippen LogP contribution in [0, 0.1) is 5.82 Å². The fraction of sp³-hybridized carbons (Fsp3) is 0.417. The fourth-order valence-electron chi connectivity index (χ4n) is 1.41. The molecule has 0 radical (unpaired) electrons. The van der Waals surface area contributed by atoms with E-state index in [1.807, 2.05) is 13.8 Å². The molecule has 1 aromatic rings. The maximum absolute atomic E-state index is 13.4. The summed E-state index contributed by atoms with van der Waals surface area (Å²) in [4.78, 5) is 13.6. The molecule has 0 aromatic heterocycles. The number of ether oxygens (including phenoxy) is 1. The minimum Gasteiger partial charge on any atom is -0.409 e. The number of hydrogen-bond acceptors (Lipinski definition) is 3. The fourth-order valence-corrected chi connectivity index (χ4v) is 1.98. The molecular weight excluding hydrogens is 241 g/mol. The van der Waals surface area contributed by atoms with E-state index in [2.05, 4.69) is 0 Å². The molecule has 0 saturated heterocycles. The summed E-state index contributed by atoms with van der Waals surface area (Å²) in [6, 6.07) is 4.47. The van der Waals surface area contributed by atoms with Gasteiger partial charge in [0.2, 0.25) is 0 Å². The predicted molar refractivity (Wildman–Crippen MR) is 67.1 cm³/mol. The summed E-state index contributed by atoms with van der Waals surface area (Å²) < 4.78 is 18.6. The van der Waals surface area contributed by atoms with Crippen molar-refractivity contribution in [3.05, 3.63) is 24.0 Å². The second-order valence-corrected chi connectivity index (χ2v) is 4.13. The first kappa shape index (κ1) is 13.8. The molecule has 0 atom stereocenters. The van der Waals surface area contributed by atoms with Gasteiger partial charge in [0.25, 0.3) is 0 Å². The zero-order chi connectivity index (χ0) is 12.8. The first-order valence-electron chi connectivity index (χ1n) is 5.43. The van der Waals surface area contributed by atoms with Crippen LogP contribution in [0.1, 0.15) is 13.8 Å². The van der Waals surface area contributed by atoms with Gasteiger partial charge in [0.05, 0.1) is 4.90 Å². The average molecular weight is 257 g/mol. The monoisotopic (exact) mass is 257 g/mol. The molecule has 0 unspecified atom stereocenters. The number of hydrogen-bond donors (Lipinski definition) is 0. The molecule has 5 heteroatoms. The first-order chi connectivity index (χ1) is 8.13. The van der Waals surface area contributed by atoms with Gasteiger partial charge in [-0.1, -0.05) is 6.07 Å². The average Bonchev–Trinajstić information content (AvgIpc) is 2.31. The Morgan fingerprint density at radius 2 is 2.06 bits per heavy atom. The van der Waals surface area contributed by atoms with Gasteiger partial charge >= 0.3 is 6.09 Å². The molecule has 17 heavy (non-hydrogen) atoms. The van der Waals surface area contributed by atoms with E-state index in [0.717, 1.165) is 0 Å². The van der Waals surface area contributed by atoms with Crippen LogP contribution in [0.5, 0.6) is 5.75 Å². The van der Waals surface area contributed by atoms with Gasteiger partial charge in [0, 0.05) is 13.1 Å². The molecule has 0 spiro atoms. The molecule has 0 heterocycles. The van der Waals surface area contributed by atoms with Crippen molar-refractivity contribution in [3.8, 4) is 5.75 Å². The van der Waals surface area contributed by atoms with Crippen LogP contribution in [0.2, 0.25) is 0 Å². The van der Waals surface area contributed by atoms with Crippen molar-refractivity contribution in [2.45, 2.75) is 18.7 Å². The highest BCUT2D eigenvalue weighted by atomic mass is 32.2. The number of thioether (sulfide) groups is 1. The second-order valence-electron chi connectivity index (χ2n) is 3.31. The second kappa shape index (κ2) is 6.49. The Balaban J connectivity index is 2.88. The third-order valence-corrected chi connectivity index (χ3v) is 3.16. The van der Waals surface area contributed by atoms with Gasteiger partial charge in [0.1, 0.15) is 11.6 Å². The zero-order valence-corrected chi connectivity index (χ0v) is 11.0. The molecule has 0 N–H and O–H groups in total. The van der Waals surface area contributed by atoms with Crippen LogP contribution >= 0.6 is 11.8 Å². The van der Waals surface area contributed by atoms with Crippen molar-refractivity contribution in [2.75, 3.05) is 19.3 Å². The quantitative estimate of drug-likeness (QED) is 0.774. The minimum atomic E-state index is -0.448. The summed E-state index contributed by atoms with van der Waals surface area (Å²) in [5.41, 5.74) is 0. The molecule has 3 nitrogen and oxygen atoms in total. The van der Waals surface area contributed by atoms with Gasteiger partial charge in [-0.3, -0.25) is 0 Å². The molecule has 0 fully saturated rings. The molecule has 0 saturated carbocycles. The Bertz CT molecular complexity index is 394. The van der Waals surface area contributed by atoms with Crippen molar-refractivity contribution < 1.29 is 13.9 Å². The van der Waals surface area contributed by atoms with E-state index in [4.69, 9.17) is 4.74 Å². The highest BCUT2D eigenvalue weighted by Crippen LogP contribution is 2.30. The van der Waals surface area contributed by atoms with Gasteiger partial charge in [-0.2, -0.15) is 0 Å². The Hall–Kier alpha value is -1.23. The Labute approximate surface area is 105 Å². The van der Waals surface area contributed by atoms with Crippen LogP contribution < -0.4 is 4.74 Å². The van der Waals surface area contributed by atoms with Gasteiger partial charge < -0.3 is 9.64 Å². The third-order valence-electron chi connectivity index (χ3n) is 2.35. The summed E-state index contributed by atoms with van der Waals surface area (Å²) in [7, 11) is 0. The van der Waals surface area contributed by atoms with E-state index in [-0.39, 0.29) is 11.6 Å². The zero-order valence-electron chi connectivity index (χ0n) is 10.2. The van der Waals surface area contributed by atoms with Crippen LogP contribution in [-0.4, -0.2) is 30.3 Å². The summed E-state index contributed by atoms with van der Waals surface area (Å²) in [5.74, 6) is -0.100. The van der Waals surface area contributed by atoms with E-state index in [1.54, 1.807) is 12.3 Å². The standard InChI is InChI=1S/C12H16FNO2S/c1-4-14(5-2)12(15)16-10-8-6-7-9(13)11(10)17-3/h6-8H,4-5H2,1-3H3. The van der Waals surface area contributed by atoms with Crippen LogP contribution in [0.3, 0.4) is 0 Å². The molecular formula is C12H16FNO2S. The lowest BCUT2D eigenvalue weighted by atomic mass is 10.3. The highest BCUT2D eigenvalue weighted by molar-refractivity contribution is 7.98. The van der Waals surface area contributed by atoms with Crippen molar-refractivity contribution in [2.24, 2.45) is 0 Å². The number of nitrogens with zero attached hydrogens (tertiary/aromatic N) is 1. The van der Waals surface area contributed by atoms with E-state index >= 15 is 0 Å². The Morgan fingerprint density at radius 3 is 2.59 bits per heavy atom. The summed E-state index contributed by atoms with van der Waals surface area (Å²) in [6.07, 6.45) is 1.29. The van der Waals surface area contributed by atoms with Crippen molar-refractivity contribution >= 4 is 17.9 Å². The topological polar surface area (TPSA) is 29.5 Å². The van der Waals surface area contributed by atoms with Gasteiger partial charge in [-0.05, 0) is 32.2 Å². The molecule has 1 rings (SSSR count). The highest BCUT2D eigenvalue weighted by Gasteiger charge is 2.16. The number of amides is 1. The largest absolute Gasteiger partial charge is 0.415 e. The van der Waals surface area contributed by atoms with Gasteiger partial charge in [-0.25, -0.2) is 9.18 Å². The van der Waals surface area contributed by atoms with E-state index in [0.29, 0.717) is 18.0 Å². The van der Waals surface area contributed by atoms with Crippen molar-refractivity contribution in [3.63, 3.8) is 0 Å². The van der Waals surface area contributed by atoms with Crippen LogP contribution in [0.4, 0.5) is 9.18 Å². The molecule has 0 aliphatic carbocycles. The van der Waals surface area contributed by atoms with Crippen LogP contribution in [0.15, 0.2) is 23.1 Å². The predicted octanol–water partition coefficient (Wildman–Crippen LogP) is 3.39. The van der Waals surface area contributed by atoms with E-state index in [1.165, 1.54) is 28.8 Å². The van der Waals surface area contributed by atoms with E-state index in [9.17, 15) is 9.18 Å². The van der Waals surface area contributed by atoms with Gasteiger partial charge in [0.15, 0.2) is 0 Å². The molecule has 0 bridgehead atoms.